The van der Waals surface area contributed by atoms with Crippen LogP contribution in [0.25, 0.3) is 0 Å². The average molecular weight is 221 g/mol. The summed E-state index contributed by atoms with van der Waals surface area (Å²) in [4.78, 5) is 0. The maximum atomic E-state index is 2.89. The van der Waals surface area contributed by atoms with Crippen molar-refractivity contribution in [3.63, 3.8) is 0 Å². The first-order chi connectivity index (χ1) is 4.41. The van der Waals surface area contributed by atoms with Gasteiger partial charge in [0.15, 0.2) is 0 Å². The van der Waals surface area contributed by atoms with Crippen LogP contribution in [0.2, 0.25) is 0 Å². The van der Waals surface area contributed by atoms with Gasteiger partial charge in [0.1, 0.15) is 0 Å². The van der Waals surface area contributed by atoms with Crippen LogP contribution in [-0.4, -0.2) is 0 Å². The predicted molar refractivity (Wildman–Crippen MR) is 40.9 cm³/mol. The van der Waals surface area contributed by atoms with Gasteiger partial charge in [-0.3, -0.25) is 0 Å². The molecule has 0 amide bonds. The summed E-state index contributed by atoms with van der Waals surface area (Å²) in [5, 5.41) is 0. The van der Waals surface area contributed by atoms with Gasteiger partial charge in [0.2, 0.25) is 0 Å². The van der Waals surface area contributed by atoms with Crippen molar-refractivity contribution in [1.29, 1.82) is 0 Å². The van der Waals surface area contributed by atoms with Crippen molar-refractivity contribution in [3.05, 3.63) is 42.8 Å². The van der Waals surface area contributed by atoms with Crippen LogP contribution < -0.4 is 0 Å². The minimum absolute atomic E-state index is 0. The zero-order valence-electron chi connectivity index (χ0n) is 6.32. The van der Waals surface area contributed by atoms with Gasteiger partial charge in [-0.1, -0.05) is 0 Å². The summed E-state index contributed by atoms with van der Waals surface area (Å²) < 4.78 is 0. The molecule has 1 rings (SSSR count). The quantitative estimate of drug-likeness (QED) is 0.467. The van der Waals surface area contributed by atoms with Gasteiger partial charge in [-0.25, -0.2) is 0 Å². The third kappa shape index (κ3) is 10.8. The van der Waals surface area contributed by atoms with Gasteiger partial charge >= 0.3 is 19.5 Å². The van der Waals surface area contributed by atoms with Crippen LogP contribution in [0.3, 0.4) is 0 Å². The van der Waals surface area contributed by atoms with Crippen molar-refractivity contribution in [2.24, 2.45) is 0 Å². The monoisotopic (exact) mass is 222 g/mol. The summed E-state index contributed by atoms with van der Waals surface area (Å²) in [5.41, 5.74) is 0. The zero-order valence-corrected chi connectivity index (χ0v) is 8.06. The van der Waals surface area contributed by atoms with Crippen LogP contribution in [0.4, 0.5) is 0 Å². The Balaban J connectivity index is 0. The molecule has 0 aliphatic carbocycles. The van der Waals surface area contributed by atoms with E-state index in [1.807, 2.05) is 50.6 Å². The molecule has 0 fully saturated rings. The summed E-state index contributed by atoms with van der Waals surface area (Å²) in [6.45, 7) is 4.00. The van der Waals surface area contributed by atoms with Gasteiger partial charge in [0.05, 0.1) is 0 Å². The molecule has 1 aromatic carbocycles. The number of hydrogen-bond donors (Lipinski definition) is 0. The summed E-state index contributed by atoms with van der Waals surface area (Å²) in [7, 11) is 0. The summed E-state index contributed by atoms with van der Waals surface area (Å²) in [6.07, 6.45) is 2.00. The van der Waals surface area contributed by atoms with Crippen LogP contribution in [0.1, 0.15) is 13.8 Å². The van der Waals surface area contributed by atoms with E-state index in [0.29, 0.717) is 0 Å². The van der Waals surface area contributed by atoms with Crippen molar-refractivity contribution >= 4 is 0 Å². The molecule has 0 aliphatic heterocycles. The Hall–Kier alpha value is -0.157. The van der Waals surface area contributed by atoms with Crippen LogP contribution >= 0.6 is 0 Å². The van der Waals surface area contributed by atoms with Crippen LogP contribution in [0.15, 0.2) is 30.3 Å². The van der Waals surface area contributed by atoms with Gasteiger partial charge in [0.25, 0.3) is 0 Å². The van der Waals surface area contributed by atoms with E-state index in [1.54, 1.807) is 0 Å². The molecular weight excluding hydrogens is 209 g/mol. The third-order valence-corrected chi connectivity index (χ3v) is 0.607. The van der Waals surface area contributed by atoms with E-state index >= 15 is 0 Å². The predicted octanol–water partition coefficient (Wildman–Crippen LogP) is 2.71. The summed E-state index contributed by atoms with van der Waals surface area (Å²) >= 11 is 0. The first-order valence-corrected chi connectivity index (χ1v) is 3.07. The van der Waals surface area contributed by atoms with Crippen LogP contribution in [0.5, 0.6) is 0 Å². The molecule has 0 aliphatic rings. The van der Waals surface area contributed by atoms with E-state index in [0.717, 1.165) is 0 Å². The summed E-state index contributed by atoms with van der Waals surface area (Å²) in [5.74, 6) is 0. The van der Waals surface area contributed by atoms with E-state index < -0.39 is 0 Å². The number of hydrogen-bond acceptors (Lipinski definition) is 0. The van der Waals surface area contributed by atoms with Gasteiger partial charge in [-0.2, -0.15) is 50.2 Å². The molecule has 0 atom stereocenters. The Labute approximate surface area is 76.4 Å². The fourth-order valence-electron chi connectivity index (χ4n) is 0.342. The molecule has 56 valence electrons. The van der Waals surface area contributed by atoms with E-state index in [2.05, 4.69) is 6.07 Å². The Morgan fingerprint density at radius 3 is 1.50 bits per heavy atom. The first-order valence-electron chi connectivity index (χ1n) is 3.07. The molecule has 0 radical (unpaired) electrons. The second-order valence-electron chi connectivity index (χ2n) is 1.65. The fraction of sp³-hybridized carbons (Fsp3) is 0.222. The second-order valence-corrected chi connectivity index (χ2v) is 1.65. The third-order valence-electron chi connectivity index (χ3n) is 0.607. The normalized spacial score (nSPS) is 6.60. The van der Waals surface area contributed by atoms with Gasteiger partial charge in [0, 0.05) is 0 Å². The number of benzene rings is 1. The van der Waals surface area contributed by atoms with E-state index in [1.165, 1.54) is 0 Å². The molecule has 0 N–H and O–H groups in total. The molecule has 0 saturated carbocycles. The van der Waals surface area contributed by atoms with E-state index in [4.69, 9.17) is 0 Å². The van der Waals surface area contributed by atoms with Crippen molar-refractivity contribution in [1.82, 2.24) is 0 Å². The Kier molecular flexibility index (Phi) is 14.5. The smallest absolute Gasteiger partial charge is 0.335 e. The van der Waals surface area contributed by atoms with Crippen molar-refractivity contribution in [2.75, 3.05) is 0 Å². The largest absolute Gasteiger partial charge is 2.00 e. The molecule has 0 aromatic heterocycles. The number of rotatable bonds is 0. The maximum absolute atomic E-state index is 2.89. The molecule has 0 bridgehead atoms. The molecule has 0 spiro atoms. The Morgan fingerprint density at radius 1 is 1.00 bits per heavy atom. The van der Waals surface area contributed by atoms with Gasteiger partial charge in [-0.05, 0) is 0 Å². The van der Waals surface area contributed by atoms with Crippen molar-refractivity contribution in [2.45, 2.75) is 13.8 Å². The molecule has 0 nitrogen and oxygen atoms in total. The van der Waals surface area contributed by atoms with Crippen molar-refractivity contribution < 1.29 is 19.5 Å². The molecule has 1 heteroatoms. The fourth-order valence-corrected chi connectivity index (χ4v) is 0.342. The van der Waals surface area contributed by atoms with E-state index in [9.17, 15) is 0 Å². The molecule has 0 saturated heterocycles. The van der Waals surface area contributed by atoms with Gasteiger partial charge in [-0.15, -0.1) is 0 Å². The van der Waals surface area contributed by atoms with E-state index in [-0.39, 0.29) is 19.5 Å². The molecule has 10 heavy (non-hydrogen) atoms. The molecule has 1 aromatic rings. The second kappa shape index (κ2) is 11.6. The molecular formula is C9H12Ru. The standard InChI is InChI=1S/C6H5.C3H7.Ru/c1-2-4-6-5-3-1;1-3-2;/h1-5H;3H,1-2H3;/q2*-1;+2. The average Bonchev–Trinajstić information content (AvgIpc) is 1.93. The molecule has 0 heterocycles. The zero-order chi connectivity index (χ0) is 6.95. The minimum Gasteiger partial charge on any atom is -0.335 e. The van der Waals surface area contributed by atoms with Crippen LogP contribution in [0, 0.1) is 12.5 Å². The maximum Gasteiger partial charge on any atom is 2.00 e. The Bertz CT molecular complexity index is 87.6. The van der Waals surface area contributed by atoms with Crippen LogP contribution in [-0.2, 0) is 19.5 Å². The summed E-state index contributed by atoms with van der Waals surface area (Å²) in [6, 6.07) is 12.5. The molecule has 0 unspecified atom stereocenters. The topological polar surface area (TPSA) is 0 Å². The van der Waals surface area contributed by atoms with Crippen molar-refractivity contribution in [3.8, 4) is 0 Å². The first kappa shape index (κ1) is 12.5. The minimum atomic E-state index is 0. The Morgan fingerprint density at radius 2 is 1.40 bits per heavy atom. The van der Waals surface area contributed by atoms with Gasteiger partial charge < -0.3 is 6.42 Å². The SMILES string of the molecule is C[CH-]C.[Ru+2].[c-]1ccccc1.